The Morgan fingerprint density at radius 1 is 1.24 bits per heavy atom. The van der Waals surface area contributed by atoms with Gasteiger partial charge in [-0.25, -0.2) is 0 Å². The number of piperidine rings is 1. The Bertz CT molecular complexity index is 570. The minimum atomic E-state index is 0.320. The highest BCUT2D eigenvalue weighted by atomic mass is 32.1. The fourth-order valence-electron chi connectivity index (χ4n) is 4.92. The fourth-order valence-corrected chi connectivity index (χ4v) is 5.61. The highest BCUT2D eigenvalue weighted by Crippen LogP contribution is 2.39. The molecule has 1 amide bonds. The minimum absolute atomic E-state index is 0.320. The monoisotopic (exact) mass is 362 g/mol. The largest absolute Gasteiger partial charge is 0.381 e. The second kappa shape index (κ2) is 7.77. The van der Waals surface area contributed by atoms with Crippen molar-refractivity contribution in [2.45, 2.75) is 38.5 Å². The average molecular weight is 363 g/mol. The molecule has 25 heavy (non-hydrogen) atoms. The van der Waals surface area contributed by atoms with Crippen molar-refractivity contribution < 1.29 is 9.53 Å². The fraction of sp³-hybridized carbons (Fsp3) is 0.750. The van der Waals surface area contributed by atoms with Crippen LogP contribution in [0.5, 0.6) is 0 Å². The van der Waals surface area contributed by atoms with E-state index >= 15 is 0 Å². The SMILES string of the molecule is O=C(Cc1cccs1)N1CC[C@@]2(CCCN(CC3CCOCC3)C2)C1. The van der Waals surface area contributed by atoms with E-state index in [1.807, 2.05) is 6.07 Å². The van der Waals surface area contributed by atoms with E-state index in [9.17, 15) is 4.79 Å². The summed E-state index contributed by atoms with van der Waals surface area (Å²) in [7, 11) is 0. The van der Waals surface area contributed by atoms with Crippen LogP contribution in [0.1, 0.15) is 37.0 Å². The standard InChI is InChI=1S/C20H30N2O2S/c23-19(13-18-3-1-12-25-18)22-9-7-20(16-22)6-2-8-21(15-20)14-17-4-10-24-11-5-17/h1,3,12,17H,2,4-11,13-16H2/t20-/m1/s1. The van der Waals surface area contributed by atoms with Crippen molar-refractivity contribution in [3.05, 3.63) is 22.4 Å². The van der Waals surface area contributed by atoms with E-state index in [4.69, 9.17) is 4.74 Å². The van der Waals surface area contributed by atoms with Crippen molar-refractivity contribution in [3.8, 4) is 0 Å². The third-order valence-electron chi connectivity index (χ3n) is 6.29. The number of carbonyl (C=O) groups is 1. The molecule has 0 aliphatic carbocycles. The Kier molecular flexibility index (Phi) is 5.44. The van der Waals surface area contributed by atoms with Crippen molar-refractivity contribution >= 4 is 17.2 Å². The van der Waals surface area contributed by atoms with Gasteiger partial charge in [0.1, 0.15) is 0 Å². The van der Waals surface area contributed by atoms with E-state index in [0.29, 0.717) is 17.7 Å². The van der Waals surface area contributed by atoms with Gasteiger partial charge in [-0.1, -0.05) is 6.07 Å². The van der Waals surface area contributed by atoms with Crippen molar-refractivity contribution in [1.29, 1.82) is 0 Å². The maximum absolute atomic E-state index is 12.6. The zero-order chi connectivity index (χ0) is 17.1. The summed E-state index contributed by atoms with van der Waals surface area (Å²) >= 11 is 1.69. The van der Waals surface area contributed by atoms with E-state index in [0.717, 1.165) is 32.2 Å². The first-order valence-corrected chi connectivity index (χ1v) is 10.7. The molecule has 4 rings (SSSR count). The molecular formula is C20H30N2O2S. The third kappa shape index (κ3) is 4.26. The maximum Gasteiger partial charge on any atom is 0.227 e. The van der Waals surface area contributed by atoms with E-state index < -0.39 is 0 Å². The number of rotatable bonds is 4. The Balaban J connectivity index is 1.31. The summed E-state index contributed by atoms with van der Waals surface area (Å²) < 4.78 is 5.50. The van der Waals surface area contributed by atoms with E-state index in [1.165, 1.54) is 56.6 Å². The summed E-state index contributed by atoms with van der Waals surface area (Å²) in [4.78, 5) is 18.7. The molecule has 0 aromatic carbocycles. The molecule has 3 aliphatic rings. The second-order valence-electron chi connectivity index (χ2n) is 8.22. The van der Waals surface area contributed by atoms with Crippen LogP contribution in [0, 0.1) is 11.3 Å². The predicted octanol–water partition coefficient (Wildman–Crippen LogP) is 3.03. The number of likely N-dealkylation sites (tertiary alicyclic amines) is 2. The summed E-state index contributed by atoms with van der Waals surface area (Å²) in [5.74, 6) is 1.13. The normalized spacial score (nSPS) is 28.7. The molecule has 0 unspecified atom stereocenters. The highest BCUT2D eigenvalue weighted by Gasteiger charge is 2.42. The molecule has 3 fully saturated rings. The van der Waals surface area contributed by atoms with E-state index in [2.05, 4.69) is 21.2 Å². The third-order valence-corrected chi connectivity index (χ3v) is 7.17. The highest BCUT2D eigenvalue weighted by molar-refractivity contribution is 7.10. The molecular weight excluding hydrogens is 332 g/mol. The van der Waals surface area contributed by atoms with Crippen LogP contribution in [0.3, 0.4) is 0 Å². The Hall–Kier alpha value is -0.910. The van der Waals surface area contributed by atoms with Gasteiger partial charge in [0.05, 0.1) is 6.42 Å². The Labute approximate surface area is 155 Å². The van der Waals surface area contributed by atoms with Gasteiger partial charge in [-0.15, -0.1) is 11.3 Å². The topological polar surface area (TPSA) is 32.8 Å². The predicted molar refractivity (Wildman–Crippen MR) is 101 cm³/mol. The van der Waals surface area contributed by atoms with Gasteiger partial charge in [-0.2, -0.15) is 0 Å². The molecule has 3 saturated heterocycles. The molecule has 0 N–H and O–H groups in total. The van der Waals surface area contributed by atoms with Gasteiger partial charge < -0.3 is 14.5 Å². The summed E-state index contributed by atoms with van der Waals surface area (Å²) in [6.07, 6.45) is 6.78. The first kappa shape index (κ1) is 17.5. The molecule has 0 radical (unpaired) electrons. The van der Waals surface area contributed by atoms with Crippen molar-refractivity contribution in [1.82, 2.24) is 9.80 Å². The summed E-state index contributed by atoms with van der Waals surface area (Å²) in [5.41, 5.74) is 0.356. The van der Waals surface area contributed by atoms with Crippen LogP contribution in [-0.2, 0) is 16.0 Å². The Morgan fingerprint density at radius 3 is 2.92 bits per heavy atom. The number of amides is 1. The zero-order valence-electron chi connectivity index (χ0n) is 15.1. The molecule has 1 atom stereocenters. The summed E-state index contributed by atoms with van der Waals surface area (Å²) in [6.45, 7) is 7.46. The zero-order valence-corrected chi connectivity index (χ0v) is 15.9. The summed E-state index contributed by atoms with van der Waals surface area (Å²) in [6, 6.07) is 4.11. The molecule has 5 heteroatoms. The molecule has 0 bridgehead atoms. The van der Waals surface area contributed by atoms with Crippen LogP contribution < -0.4 is 0 Å². The molecule has 1 aromatic heterocycles. The van der Waals surface area contributed by atoms with Crippen molar-refractivity contribution in [2.75, 3.05) is 45.9 Å². The van der Waals surface area contributed by atoms with E-state index in [-0.39, 0.29) is 0 Å². The second-order valence-corrected chi connectivity index (χ2v) is 9.25. The number of nitrogens with zero attached hydrogens (tertiary/aromatic N) is 2. The molecule has 138 valence electrons. The lowest BCUT2D eigenvalue weighted by Gasteiger charge is -2.42. The number of hydrogen-bond donors (Lipinski definition) is 0. The van der Waals surface area contributed by atoms with Crippen LogP contribution >= 0.6 is 11.3 Å². The van der Waals surface area contributed by atoms with Gasteiger partial charge in [0.2, 0.25) is 5.91 Å². The Morgan fingerprint density at radius 2 is 2.12 bits per heavy atom. The maximum atomic E-state index is 12.6. The first-order valence-electron chi connectivity index (χ1n) is 9.83. The summed E-state index contributed by atoms with van der Waals surface area (Å²) in [5, 5.41) is 2.06. The van der Waals surface area contributed by atoms with Gasteiger partial charge in [0, 0.05) is 49.7 Å². The van der Waals surface area contributed by atoms with Gasteiger partial charge >= 0.3 is 0 Å². The molecule has 4 nitrogen and oxygen atoms in total. The van der Waals surface area contributed by atoms with E-state index in [1.54, 1.807) is 11.3 Å². The molecule has 1 spiro atoms. The number of carbonyl (C=O) groups excluding carboxylic acids is 1. The lowest BCUT2D eigenvalue weighted by atomic mass is 9.79. The average Bonchev–Trinajstić information content (AvgIpc) is 3.26. The lowest BCUT2D eigenvalue weighted by molar-refractivity contribution is -0.130. The van der Waals surface area contributed by atoms with Crippen LogP contribution in [-0.4, -0.2) is 61.6 Å². The van der Waals surface area contributed by atoms with Gasteiger partial charge in [-0.05, 0) is 56.0 Å². The number of thiophene rings is 1. The van der Waals surface area contributed by atoms with Crippen LogP contribution in [0.2, 0.25) is 0 Å². The lowest BCUT2D eigenvalue weighted by Crippen LogP contribution is -2.47. The van der Waals surface area contributed by atoms with Crippen LogP contribution in [0.4, 0.5) is 0 Å². The smallest absolute Gasteiger partial charge is 0.227 e. The first-order chi connectivity index (χ1) is 12.2. The van der Waals surface area contributed by atoms with Crippen LogP contribution in [0.25, 0.3) is 0 Å². The van der Waals surface area contributed by atoms with Crippen molar-refractivity contribution in [3.63, 3.8) is 0 Å². The molecule has 1 aromatic rings. The van der Waals surface area contributed by atoms with Gasteiger partial charge in [0.25, 0.3) is 0 Å². The quantitative estimate of drug-likeness (QED) is 0.825. The number of hydrogen-bond acceptors (Lipinski definition) is 4. The molecule has 3 aliphatic heterocycles. The minimum Gasteiger partial charge on any atom is -0.381 e. The van der Waals surface area contributed by atoms with Crippen LogP contribution in [0.15, 0.2) is 17.5 Å². The van der Waals surface area contributed by atoms with Gasteiger partial charge in [-0.3, -0.25) is 4.79 Å². The molecule has 4 heterocycles. The van der Waals surface area contributed by atoms with Crippen molar-refractivity contribution in [2.24, 2.45) is 11.3 Å². The molecule has 0 saturated carbocycles. The van der Waals surface area contributed by atoms with Gasteiger partial charge in [0.15, 0.2) is 0 Å². The number of ether oxygens (including phenoxy) is 1.